The van der Waals surface area contributed by atoms with Gasteiger partial charge in [0.25, 0.3) is 5.92 Å². The highest BCUT2D eigenvalue weighted by Crippen LogP contribution is 2.57. The van der Waals surface area contributed by atoms with E-state index in [1.165, 1.54) is 7.11 Å². The fourth-order valence-corrected chi connectivity index (χ4v) is 5.01. The molecular formula is C25H34ClF2N3O4. The standard InChI is InChI=1S/C25H34ClF2N3O4/c1-24(2,3)35-23(33)31-14-17(15-31)29-7-9-30(10-8-29)22(32)6-5-16-11-18(19-13-25(19,27)28)20(26)12-21(16)34-4/h11-12,17,19H,5-10,13-15H2,1-4H3. The normalized spacial score (nSPS) is 22.5. The van der Waals surface area contributed by atoms with Gasteiger partial charge in [-0.1, -0.05) is 17.7 Å². The first-order valence-corrected chi connectivity index (χ1v) is 12.5. The number of carbonyl (C=O) groups is 2. The summed E-state index contributed by atoms with van der Waals surface area (Å²) in [7, 11) is 1.51. The van der Waals surface area contributed by atoms with Crippen LogP contribution < -0.4 is 4.74 Å². The first-order chi connectivity index (χ1) is 16.4. The molecule has 0 spiro atoms. The third-order valence-corrected chi connectivity index (χ3v) is 7.23. The summed E-state index contributed by atoms with van der Waals surface area (Å²) in [6.07, 6.45) is 0.193. The van der Waals surface area contributed by atoms with E-state index in [1.54, 1.807) is 17.0 Å². The van der Waals surface area contributed by atoms with E-state index in [2.05, 4.69) is 4.90 Å². The molecule has 1 saturated carbocycles. The number of hydrogen-bond acceptors (Lipinski definition) is 5. The molecule has 4 rings (SSSR count). The summed E-state index contributed by atoms with van der Waals surface area (Å²) in [5.41, 5.74) is 0.641. The van der Waals surface area contributed by atoms with Gasteiger partial charge in [-0.3, -0.25) is 9.69 Å². The van der Waals surface area contributed by atoms with Crippen LogP contribution in [-0.2, 0) is 16.0 Å². The molecule has 1 aliphatic carbocycles. The maximum Gasteiger partial charge on any atom is 0.410 e. The van der Waals surface area contributed by atoms with Gasteiger partial charge in [-0.2, -0.15) is 0 Å². The molecule has 7 nitrogen and oxygen atoms in total. The largest absolute Gasteiger partial charge is 0.496 e. The van der Waals surface area contributed by atoms with Crippen molar-refractivity contribution in [2.45, 2.75) is 63.5 Å². The van der Waals surface area contributed by atoms with Gasteiger partial charge in [0.2, 0.25) is 5.91 Å². The molecule has 2 aliphatic heterocycles. The zero-order valence-corrected chi connectivity index (χ0v) is 21.5. The average Bonchev–Trinajstić information content (AvgIpc) is 3.38. The van der Waals surface area contributed by atoms with Crippen molar-refractivity contribution in [3.8, 4) is 5.75 Å². The molecule has 0 aromatic heterocycles. The number of ether oxygens (including phenoxy) is 2. The Balaban J connectivity index is 1.25. The van der Waals surface area contributed by atoms with Crippen LogP contribution in [0.4, 0.5) is 13.6 Å². The fourth-order valence-electron chi connectivity index (χ4n) is 4.72. The third kappa shape index (κ3) is 6.00. The molecule has 3 aliphatic rings. The van der Waals surface area contributed by atoms with Crippen LogP contribution in [0.5, 0.6) is 5.75 Å². The van der Waals surface area contributed by atoms with Crippen molar-refractivity contribution < 1.29 is 27.8 Å². The van der Waals surface area contributed by atoms with Crippen LogP contribution >= 0.6 is 11.6 Å². The van der Waals surface area contributed by atoms with Crippen LogP contribution in [0.1, 0.15) is 50.7 Å². The summed E-state index contributed by atoms with van der Waals surface area (Å²) in [6.45, 7) is 9.60. The van der Waals surface area contributed by atoms with Gasteiger partial charge in [-0.25, -0.2) is 13.6 Å². The Hall–Kier alpha value is -2.13. The smallest absolute Gasteiger partial charge is 0.410 e. The van der Waals surface area contributed by atoms with Crippen molar-refractivity contribution in [2.75, 3.05) is 46.4 Å². The Bertz CT molecular complexity index is 970. The van der Waals surface area contributed by atoms with Crippen LogP contribution in [0.3, 0.4) is 0 Å². The molecule has 35 heavy (non-hydrogen) atoms. The SMILES string of the molecule is COc1cc(Cl)c(C2CC2(F)F)cc1CCC(=O)N1CCN(C2CN(C(=O)OC(C)(C)C)C2)CC1. The minimum Gasteiger partial charge on any atom is -0.496 e. The number of rotatable bonds is 6. The minimum absolute atomic E-state index is 0.0314. The number of carbonyl (C=O) groups excluding carboxylic acids is 2. The Labute approximate surface area is 210 Å². The minimum atomic E-state index is -2.71. The first-order valence-electron chi connectivity index (χ1n) is 12.1. The van der Waals surface area contributed by atoms with Crippen molar-refractivity contribution >= 4 is 23.6 Å². The van der Waals surface area contributed by atoms with Crippen molar-refractivity contribution in [3.63, 3.8) is 0 Å². The van der Waals surface area contributed by atoms with Gasteiger partial charge in [0.1, 0.15) is 11.4 Å². The molecule has 194 valence electrons. The highest BCUT2D eigenvalue weighted by molar-refractivity contribution is 6.31. The zero-order valence-electron chi connectivity index (χ0n) is 20.8. The van der Waals surface area contributed by atoms with E-state index in [-0.39, 0.29) is 35.9 Å². The lowest BCUT2D eigenvalue weighted by Gasteiger charge is -2.48. The molecule has 0 N–H and O–H groups in total. The number of benzene rings is 1. The second-order valence-corrected chi connectivity index (χ2v) is 11.1. The van der Waals surface area contributed by atoms with E-state index < -0.39 is 17.4 Å². The summed E-state index contributed by atoms with van der Waals surface area (Å²) in [6, 6.07) is 3.53. The fraction of sp³-hybridized carbons (Fsp3) is 0.680. The number of hydrogen-bond donors (Lipinski definition) is 0. The molecule has 10 heteroatoms. The molecule has 0 radical (unpaired) electrons. The lowest BCUT2D eigenvalue weighted by molar-refractivity contribution is -0.133. The van der Waals surface area contributed by atoms with Crippen molar-refractivity contribution in [2.24, 2.45) is 0 Å². The second kappa shape index (κ2) is 9.73. The quantitative estimate of drug-likeness (QED) is 0.571. The molecule has 1 unspecified atom stereocenters. The maximum absolute atomic E-state index is 13.6. The Kier molecular flexibility index (Phi) is 7.21. The Morgan fingerprint density at radius 2 is 1.74 bits per heavy atom. The predicted molar refractivity (Wildman–Crippen MR) is 128 cm³/mol. The van der Waals surface area contributed by atoms with Crippen LogP contribution in [-0.4, -0.2) is 90.6 Å². The van der Waals surface area contributed by atoms with Gasteiger partial charge in [0.15, 0.2) is 0 Å². The van der Waals surface area contributed by atoms with E-state index in [9.17, 15) is 18.4 Å². The average molecular weight is 514 g/mol. The predicted octanol–water partition coefficient (Wildman–Crippen LogP) is 4.17. The molecule has 2 amide bonds. The summed E-state index contributed by atoms with van der Waals surface area (Å²) < 4.78 is 38.0. The number of halogens is 3. The Morgan fingerprint density at radius 1 is 1.11 bits per heavy atom. The summed E-state index contributed by atoms with van der Waals surface area (Å²) in [4.78, 5) is 30.9. The highest BCUT2D eigenvalue weighted by Gasteiger charge is 2.58. The molecule has 1 aromatic rings. The van der Waals surface area contributed by atoms with Crippen molar-refractivity contribution in [1.82, 2.24) is 14.7 Å². The van der Waals surface area contributed by atoms with Crippen LogP contribution in [0.15, 0.2) is 12.1 Å². The van der Waals surface area contributed by atoms with Crippen LogP contribution in [0, 0.1) is 0 Å². The van der Waals surface area contributed by atoms with Crippen molar-refractivity contribution in [3.05, 3.63) is 28.3 Å². The van der Waals surface area contributed by atoms with Crippen LogP contribution in [0.25, 0.3) is 0 Å². The molecule has 1 atom stereocenters. The number of amides is 2. The zero-order chi connectivity index (χ0) is 25.5. The molecule has 1 aromatic carbocycles. The summed E-state index contributed by atoms with van der Waals surface area (Å²) >= 11 is 6.22. The van der Waals surface area contributed by atoms with E-state index in [4.69, 9.17) is 21.1 Å². The highest BCUT2D eigenvalue weighted by atomic mass is 35.5. The molecule has 3 fully saturated rings. The first kappa shape index (κ1) is 25.9. The monoisotopic (exact) mass is 513 g/mol. The van der Waals surface area contributed by atoms with E-state index >= 15 is 0 Å². The van der Waals surface area contributed by atoms with E-state index in [0.29, 0.717) is 43.9 Å². The van der Waals surface area contributed by atoms with E-state index in [1.807, 2.05) is 25.7 Å². The number of likely N-dealkylation sites (tertiary alicyclic amines) is 1. The Morgan fingerprint density at radius 3 is 2.29 bits per heavy atom. The topological polar surface area (TPSA) is 62.3 Å². The number of alkyl halides is 2. The van der Waals surface area contributed by atoms with Gasteiger partial charge >= 0.3 is 6.09 Å². The number of nitrogens with zero attached hydrogens (tertiary/aromatic N) is 3. The molecule has 0 bridgehead atoms. The number of piperazine rings is 1. The van der Waals surface area contributed by atoms with Gasteiger partial charge in [-0.15, -0.1) is 0 Å². The van der Waals surface area contributed by atoms with Gasteiger partial charge in [0, 0.05) is 63.2 Å². The van der Waals surface area contributed by atoms with Crippen LogP contribution in [0.2, 0.25) is 5.02 Å². The number of aryl methyl sites for hydroxylation is 1. The lowest BCUT2D eigenvalue weighted by atomic mass is 10.0. The lowest BCUT2D eigenvalue weighted by Crippen LogP contribution is -2.64. The summed E-state index contributed by atoms with van der Waals surface area (Å²) in [5.74, 6) is -3.03. The third-order valence-electron chi connectivity index (χ3n) is 6.91. The number of methoxy groups -OCH3 is 1. The van der Waals surface area contributed by atoms with Gasteiger partial charge < -0.3 is 19.3 Å². The molecule has 2 heterocycles. The summed E-state index contributed by atoms with van der Waals surface area (Å²) in [5, 5.41) is 0.274. The molecule has 2 saturated heterocycles. The second-order valence-electron chi connectivity index (χ2n) is 10.7. The van der Waals surface area contributed by atoms with Crippen molar-refractivity contribution in [1.29, 1.82) is 0 Å². The molecular weight excluding hydrogens is 480 g/mol. The maximum atomic E-state index is 13.6. The van der Waals surface area contributed by atoms with E-state index in [0.717, 1.165) is 18.7 Å². The van der Waals surface area contributed by atoms with Gasteiger partial charge in [-0.05, 0) is 44.4 Å². The van der Waals surface area contributed by atoms with Gasteiger partial charge in [0.05, 0.1) is 13.0 Å².